The second-order valence-corrected chi connectivity index (χ2v) is 4.85. The van der Waals surface area contributed by atoms with Gasteiger partial charge in [-0.3, -0.25) is 4.79 Å². The molecule has 0 aromatic heterocycles. The topological polar surface area (TPSA) is 54.0 Å². The number of ether oxygens (including phenoxy) is 4. The van der Waals surface area contributed by atoms with Gasteiger partial charge in [-0.15, -0.1) is 0 Å². The zero-order chi connectivity index (χ0) is 17.5. The molecule has 0 spiro atoms. The Morgan fingerprint density at radius 2 is 1.38 bits per heavy atom. The summed E-state index contributed by atoms with van der Waals surface area (Å²) in [6, 6.07) is 10.5. The highest BCUT2D eigenvalue weighted by Gasteiger charge is 2.12. The molecule has 2 rings (SSSR count). The average Bonchev–Trinajstić information content (AvgIpc) is 2.65. The van der Waals surface area contributed by atoms with E-state index in [1.54, 1.807) is 57.7 Å². The summed E-state index contributed by atoms with van der Waals surface area (Å²) in [6.45, 7) is 0. The minimum absolute atomic E-state index is 0.163. The lowest BCUT2D eigenvalue weighted by Gasteiger charge is -2.12. The van der Waals surface area contributed by atoms with Crippen LogP contribution in [0.4, 0.5) is 0 Å². The number of allylic oxidation sites excluding steroid dienone is 1. The number of ketones is 1. The van der Waals surface area contributed by atoms with Crippen LogP contribution in [0.5, 0.6) is 23.0 Å². The number of methoxy groups -OCH3 is 4. The van der Waals surface area contributed by atoms with Gasteiger partial charge in [0.15, 0.2) is 17.3 Å². The van der Waals surface area contributed by atoms with E-state index in [0.717, 1.165) is 0 Å². The van der Waals surface area contributed by atoms with Crippen molar-refractivity contribution in [2.75, 3.05) is 28.4 Å². The lowest BCUT2D eigenvalue weighted by molar-refractivity contribution is 0.104. The van der Waals surface area contributed by atoms with E-state index in [-0.39, 0.29) is 5.78 Å². The zero-order valence-electron chi connectivity index (χ0n) is 14.2. The van der Waals surface area contributed by atoms with Crippen molar-refractivity contribution < 1.29 is 23.7 Å². The van der Waals surface area contributed by atoms with Crippen molar-refractivity contribution in [3.05, 3.63) is 53.6 Å². The molecular formula is C19H20O5. The van der Waals surface area contributed by atoms with Gasteiger partial charge in [0.25, 0.3) is 0 Å². The first-order chi connectivity index (χ1) is 11.6. The van der Waals surface area contributed by atoms with E-state index >= 15 is 0 Å². The summed E-state index contributed by atoms with van der Waals surface area (Å²) in [5.41, 5.74) is 1.20. The van der Waals surface area contributed by atoms with E-state index in [1.807, 2.05) is 6.07 Å². The SMILES string of the molecule is COc1cc(OC)c(OC)cc1C=CC(=O)c1ccccc1OC. The van der Waals surface area contributed by atoms with Crippen LogP contribution in [0.3, 0.4) is 0 Å². The van der Waals surface area contributed by atoms with Gasteiger partial charge in [0, 0.05) is 11.6 Å². The Labute approximate surface area is 141 Å². The molecule has 0 aliphatic heterocycles. The van der Waals surface area contributed by atoms with E-state index in [1.165, 1.54) is 13.2 Å². The molecule has 0 radical (unpaired) electrons. The van der Waals surface area contributed by atoms with E-state index in [0.29, 0.717) is 34.1 Å². The third-order valence-electron chi connectivity index (χ3n) is 3.52. The predicted molar refractivity (Wildman–Crippen MR) is 92.5 cm³/mol. The fourth-order valence-electron chi connectivity index (χ4n) is 2.29. The Morgan fingerprint density at radius 1 is 0.792 bits per heavy atom. The standard InChI is InChI=1S/C19H20O5/c1-21-16-8-6-5-7-14(16)15(20)10-9-13-11-18(23-3)19(24-4)12-17(13)22-2/h5-12H,1-4H3. The number of carbonyl (C=O) groups is 1. The smallest absolute Gasteiger partial charge is 0.189 e. The maximum absolute atomic E-state index is 12.4. The number of rotatable bonds is 7. The van der Waals surface area contributed by atoms with Gasteiger partial charge in [0.1, 0.15) is 11.5 Å². The summed E-state index contributed by atoms with van der Waals surface area (Å²) in [5, 5.41) is 0. The first-order valence-electron chi connectivity index (χ1n) is 7.30. The van der Waals surface area contributed by atoms with Crippen molar-refractivity contribution in [3.63, 3.8) is 0 Å². The number of benzene rings is 2. The van der Waals surface area contributed by atoms with Gasteiger partial charge >= 0.3 is 0 Å². The summed E-state index contributed by atoms with van der Waals surface area (Å²) in [6.07, 6.45) is 3.15. The van der Waals surface area contributed by atoms with Crippen LogP contribution < -0.4 is 18.9 Å². The van der Waals surface area contributed by atoms with Crippen LogP contribution in [0, 0.1) is 0 Å². The molecule has 24 heavy (non-hydrogen) atoms. The minimum Gasteiger partial charge on any atom is -0.496 e. The van der Waals surface area contributed by atoms with E-state index < -0.39 is 0 Å². The summed E-state index contributed by atoms with van der Waals surface area (Å²) in [4.78, 5) is 12.4. The Morgan fingerprint density at radius 3 is 2.00 bits per heavy atom. The molecule has 0 saturated carbocycles. The highest BCUT2D eigenvalue weighted by Crippen LogP contribution is 2.35. The van der Waals surface area contributed by atoms with Crippen LogP contribution in [0.25, 0.3) is 6.08 Å². The number of hydrogen-bond donors (Lipinski definition) is 0. The molecule has 5 heteroatoms. The number of hydrogen-bond acceptors (Lipinski definition) is 5. The molecule has 0 amide bonds. The zero-order valence-corrected chi connectivity index (χ0v) is 14.2. The first-order valence-corrected chi connectivity index (χ1v) is 7.30. The second kappa shape index (κ2) is 8.06. The Kier molecular flexibility index (Phi) is 5.84. The maximum atomic E-state index is 12.4. The normalized spacial score (nSPS) is 10.5. The summed E-state index contributed by atoms with van der Waals surface area (Å²) in [7, 11) is 6.20. The van der Waals surface area contributed by atoms with Crippen molar-refractivity contribution in [1.82, 2.24) is 0 Å². The number of carbonyl (C=O) groups excluding carboxylic acids is 1. The molecule has 0 atom stereocenters. The highest BCUT2D eigenvalue weighted by molar-refractivity contribution is 6.08. The second-order valence-electron chi connectivity index (χ2n) is 4.85. The van der Waals surface area contributed by atoms with Crippen molar-refractivity contribution in [2.45, 2.75) is 0 Å². The van der Waals surface area contributed by atoms with E-state index in [2.05, 4.69) is 0 Å². The van der Waals surface area contributed by atoms with Gasteiger partial charge in [0.05, 0.1) is 34.0 Å². The molecule has 126 valence electrons. The maximum Gasteiger partial charge on any atom is 0.189 e. The Bertz CT molecular complexity index is 749. The quantitative estimate of drug-likeness (QED) is 0.574. The van der Waals surface area contributed by atoms with Crippen LogP contribution in [-0.4, -0.2) is 34.2 Å². The summed E-state index contributed by atoms with van der Waals surface area (Å²) in [5.74, 6) is 2.07. The van der Waals surface area contributed by atoms with Gasteiger partial charge in [0.2, 0.25) is 0 Å². The molecule has 0 N–H and O–H groups in total. The lowest BCUT2D eigenvalue weighted by atomic mass is 10.1. The molecule has 0 saturated heterocycles. The Balaban J connectivity index is 2.35. The molecule has 0 fully saturated rings. The largest absolute Gasteiger partial charge is 0.496 e. The monoisotopic (exact) mass is 328 g/mol. The predicted octanol–water partition coefficient (Wildman–Crippen LogP) is 3.62. The fourth-order valence-corrected chi connectivity index (χ4v) is 2.29. The van der Waals surface area contributed by atoms with Crippen molar-refractivity contribution in [2.24, 2.45) is 0 Å². The third-order valence-corrected chi connectivity index (χ3v) is 3.52. The molecule has 0 heterocycles. The molecule has 5 nitrogen and oxygen atoms in total. The van der Waals surface area contributed by atoms with Crippen LogP contribution in [-0.2, 0) is 0 Å². The van der Waals surface area contributed by atoms with Crippen molar-refractivity contribution in [1.29, 1.82) is 0 Å². The van der Waals surface area contributed by atoms with Gasteiger partial charge in [-0.2, -0.15) is 0 Å². The lowest BCUT2D eigenvalue weighted by Crippen LogP contribution is -1.99. The van der Waals surface area contributed by atoms with Crippen LogP contribution in [0.15, 0.2) is 42.5 Å². The van der Waals surface area contributed by atoms with Gasteiger partial charge in [-0.1, -0.05) is 12.1 Å². The molecule has 0 aliphatic carbocycles. The van der Waals surface area contributed by atoms with Gasteiger partial charge in [-0.25, -0.2) is 0 Å². The average molecular weight is 328 g/mol. The molecular weight excluding hydrogens is 308 g/mol. The van der Waals surface area contributed by atoms with Crippen molar-refractivity contribution >= 4 is 11.9 Å². The number of para-hydroxylation sites is 1. The molecule has 0 unspecified atom stereocenters. The molecule has 0 aliphatic rings. The van der Waals surface area contributed by atoms with Gasteiger partial charge < -0.3 is 18.9 Å². The third kappa shape index (κ3) is 3.68. The van der Waals surface area contributed by atoms with E-state index in [4.69, 9.17) is 18.9 Å². The molecule has 0 bridgehead atoms. The molecule has 2 aromatic carbocycles. The van der Waals surface area contributed by atoms with Crippen LogP contribution in [0.2, 0.25) is 0 Å². The summed E-state index contributed by atoms with van der Waals surface area (Å²) >= 11 is 0. The van der Waals surface area contributed by atoms with E-state index in [9.17, 15) is 4.79 Å². The molecule has 2 aromatic rings. The van der Waals surface area contributed by atoms with Crippen LogP contribution >= 0.6 is 0 Å². The Hall–Kier alpha value is -2.95. The first kappa shape index (κ1) is 17.4. The highest BCUT2D eigenvalue weighted by atomic mass is 16.5. The van der Waals surface area contributed by atoms with Crippen LogP contribution in [0.1, 0.15) is 15.9 Å². The summed E-state index contributed by atoms with van der Waals surface area (Å²) < 4.78 is 21.1. The fraction of sp³-hybridized carbons (Fsp3) is 0.211. The van der Waals surface area contributed by atoms with Gasteiger partial charge in [-0.05, 0) is 30.4 Å². The minimum atomic E-state index is -0.163. The van der Waals surface area contributed by atoms with Crippen molar-refractivity contribution in [3.8, 4) is 23.0 Å².